The molecule has 0 heterocycles. The van der Waals surface area contributed by atoms with Crippen LogP contribution >= 0.6 is 0 Å². The second kappa shape index (κ2) is 4.72. The lowest BCUT2D eigenvalue weighted by Gasteiger charge is -2.57. The molecular formula is C17H28O3. The summed E-state index contributed by atoms with van der Waals surface area (Å²) in [5, 5.41) is 10.4. The molecule has 3 saturated carbocycles. The van der Waals surface area contributed by atoms with Crippen molar-refractivity contribution in [2.24, 2.45) is 23.2 Å². The average molecular weight is 280 g/mol. The highest BCUT2D eigenvalue weighted by molar-refractivity contribution is 5.76. The summed E-state index contributed by atoms with van der Waals surface area (Å²) in [6.45, 7) is 5.96. The summed E-state index contributed by atoms with van der Waals surface area (Å²) in [4.78, 5) is 12.5. The molecule has 0 radical (unpaired) electrons. The van der Waals surface area contributed by atoms with Crippen LogP contribution in [-0.4, -0.2) is 22.8 Å². The summed E-state index contributed by atoms with van der Waals surface area (Å²) < 4.78 is 6.11. The second-order valence-electron chi connectivity index (χ2n) is 8.05. The summed E-state index contributed by atoms with van der Waals surface area (Å²) in [5.41, 5.74) is -0.767. The highest BCUT2D eigenvalue weighted by Gasteiger charge is 2.57. The van der Waals surface area contributed by atoms with Crippen molar-refractivity contribution in [1.29, 1.82) is 0 Å². The smallest absolute Gasteiger partial charge is 0.312 e. The van der Waals surface area contributed by atoms with E-state index in [9.17, 15) is 9.90 Å². The molecule has 5 unspecified atom stereocenters. The molecule has 0 aromatic rings. The number of aliphatic hydroxyl groups is 1. The number of carbonyl (C=O) groups is 1. The molecule has 0 spiro atoms. The molecule has 20 heavy (non-hydrogen) atoms. The fraction of sp³-hybridized carbons (Fsp3) is 0.941. The predicted molar refractivity (Wildman–Crippen MR) is 77.1 cm³/mol. The Morgan fingerprint density at radius 2 is 1.95 bits per heavy atom. The first-order valence-corrected chi connectivity index (χ1v) is 8.28. The molecule has 1 N–H and O–H groups in total. The third-order valence-corrected chi connectivity index (χ3v) is 6.27. The van der Waals surface area contributed by atoms with Gasteiger partial charge in [0.05, 0.1) is 11.5 Å². The van der Waals surface area contributed by atoms with Crippen LogP contribution in [0.25, 0.3) is 0 Å². The monoisotopic (exact) mass is 280 g/mol. The lowest BCUT2D eigenvalue weighted by Crippen LogP contribution is -2.60. The van der Waals surface area contributed by atoms with E-state index in [4.69, 9.17) is 4.74 Å². The van der Waals surface area contributed by atoms with Gasteiger partial charge in [0.15, 0.2) is 0 Å². The van der Waals surface area contributed by atoms with Gasteiger partial charge in [-0.15, -0.1) is 0 Å². The fourth-order valence-electron chi connectivity index (χ4n) is 4.75. The Morgan fingerprint density at radius 3 is 2.65 bits per heavy atom. The van der Waals surface area contributed by atoms with E-state index in [0.717, 1.165) is 32.1 Å². The van der Waals surface area contributed by atoms with Crippen LogP contribution in [0.5, 0.6) is 0 Å². The van der Waals surface area contributed by atoms with Gasteiger partial charge in [-0.3, -0.25) is 4.79 Å². The van der Waals surface area contributed by atoms with Crippen molar-refractivity contribution >= 4 is 5.97 Å². The highest BCUT2D eigenvalue weighted by Crippen LogP contribution is 2.56. The molecular weight excluding hydrogens is 252 g/mol. The van der Waals surface area contributed by atoms with E-state index in [0.29, 0.717) is 11.8 Å². The SMILES string of the molecule is CCC(C)(C)C(=O)OC12CC3CCC1C(O)CC(C3)C2. The van der Waals surface area contributed by atoms with Gasteiger partial charge in [0.2, 0.25) is 0 Å². The van der Waals surface area contributed by atoms with Crippen molar-refractivity contribution in [2.45, 2.75) is 77.4 Å². The Bertz CT molecular complexity index is 397. The predicted octanol–water partition coefficient (Wildman–Crippen LogP) is 3.30. The summed E-state index contributed by atoms with van der Waals surface area (Å²) in [6, 6.07) is 0. The van der Waals surface area contributed by atoms with Crippen LogP contribution < -0.4 is 0 Å². The summed E-state index contributed by atoms with van der Waals surface area (Å²) in [7, 11) is 0. The zero-order valence-electron chi connectivity index (χ0n) is 13.0. The summed E-state index contributed by atoms with van der Waals surface area (Å²) in [6.07, 6.45) is 6.85. The molecule has 3 rings (SSSR count). The maximum Gasteiger partial charge on any atom is 0.312 e. The van der Waals surface area contributed by atoms with Crippen molar-refractivity contribution in [1.82, 2.24) is 0 Å². The number of carbonyl (C=O) groups excluding carboxylic acids is 1. The van der Waals surface area contributed by atoms with E-state index < -0.39 is 5.41 Å². The maximum atomic E-state index is 12.5. The van der Waals surface area contributed by atoms with E-state index >= 15 is 0 Å². The lowest BCUT2D eigenvalue weighted by molar-refractivity contribution is -0.218. The van der Waals surface area contributed by atoms with Crippen LogP contribution in [0, 0.1) is 23.2 Å². The fourth-order valence-corrected chi connectivity index (χ4v) is 4.75. The molecule has 0 aliphatic heterocycles. The molecule has 3 aliphatic rings. The number of esters is 1. The van der Waals surface area contributed by atoms with Gasteiger partial charge in [-0.1, -0.05) is 6.92 Å². The van der Waals surface area contributed by atoms with Crippen molar-refractivity contribution in [3.63, 3.8) is 0 Å². The van der Waals surface area contributed by atoms with Gasteiger partial charge >= 0.3 is 5.97 Å². The molecule has 3 aliphatic carbocycles. The minimum absolute atomic E-state index is 0.0691. The largest absolute Gasteiger partial charge is 0.458 e. The minimum Gasteiger partial charge on any atom is -0.458 e. The molecule has 0 aromatic carbocycles. The number of aliphatic hydroxyl groups excluding tert-OH is 1. The first-order valence-electron chi connectivity index (χ1n) is 8.28. The number of hydrogen-bond acceptors (Lipinski definition) is 3. The average Bonchev–Trinajstić information content (AvgIpc) is 2.36. The Balaban J connectivity index is 1.85. The van der Waals surface area contributed by atoms with E-state index in [1.54, 1.807) is 0 Å². The standard InChI is InChI=1S/C17H28O3/c1-4-16(2,3)15(19)20-17-9-11-5-6-13(17)14(18)8-12(7-11)10-17/h11-14,18H,4-10H2,1-3H3. The van der Waals surface area contributed by atoms with Crippen molar-refractivity contribution < 1.29 is 14.6 Å². The van der Waals surface area contributed by atoms with Crippen LogP contribution in [0.4, 0.5) is 0 Å². The third kappa shape index (κ3) is 2.18. The molecule has 0 saturated heterocycles. The molecule has 3 bridgehead atoms. The molecule has 3 fully saturated rings. The number of rotatable bonds is 3. The number of ether oxygens (including phenoxy) is 1. The normalized spacial score (nSPS) is 43.4. The summed E-state index contributed by atoms with van der Waals surface area (Å²) >= 11 is 0. The van der Waals surface area contributed by atoms with Crippen LogP contribution in [0.3, 0.4) is 0 Å². The van der Waals surface area contributed by atoms with Gasteiger partial charge in [0.25, 0.3) is 0 Å². The molecule has 0 aromatic heterocycles. The van der Waals surface area contributed by atoms with E-state index in [2.05, 4.69) is 0 Å². The Hall–Kier alpha value is -0.570. The Morgan fingerprint density at radius 1 is 1.25 bits per heavy atom. The molecule has 3 nitrogen and oxygen atoms in total. The van der Waals surface area contributed by atoms with Crippen LogP contribution in [0.15, 0.2) is 0 Å². The number of fused-ring (bicyclic) bond motifs is 2. The quantitative estimate of drug-likeness (QED) is 0.807. The van der Waals surface area contributed by atoms with Crippen molar-refractivity contribution in [2.75, 3.05) is 0 Å². The van der Waals surface area contributed by atoms with Gasteiger partial charge < -0.3 is 9.84 Å². The molecule has 114 valence electrons. The van der Waals surface area contributed by atoms with Crippen molar-refractivity contribution in [3.05, 3.63) is 0 Å². The first kappa shape index (κ1) is 14.4. The molecule has 0 amide bonds. The van der Waals surface area contributed by atoms with Gasteiger partial charge in [-0.25, -0.2) is 0 Å². The Kier molecular flexibility index (Phi) is 3.39. The molecule has 5 atom stereocenters. The Labute approximate surface area is 122 Å². The second-order valence-corrected chi connectivity index (χ2v) is 8.05. The number of hydrogen-bond donors (Lipinski definition) is 1. The van der Waals surface area contributed by atoms with Gasteiger partial charge in [0.1, 0.15) is 5.60 Å². The van der Waals surface area contributed by atoms with Crippen LogP contribution in [-0.2, 0) is 9.53 Å². The topological polar surface area (TPSA) is 46.5 Å². The van der Waals surface area contributed by atoms with E-state index in [1.165, 1.54) is 12.8 Å². The summed E-state index contributed by atoms with van der Waals surface area (Å²) in [5.74, 6) is 1.36. The van der Waals surface area contributed by atoms with Gasteiger partial charge in [-0.2, -0.15) is 0 Å². The van der Waals surface area contributed by atoms with E-state index in [-0.39, 0.29) is 23.6 Å². The lowest BCUT2D eigenvalue weighted by atomic mass is 9.54. The van der Waals surface area contributed by atoms with Gasteiger partial charge in [-0.05, 0) is 70.6 Å². The highest BCUT2D eigenvalue weighted by atomic mass is 16.6. The van der Waals surface area contributed by atoms with Gasteiger partial charge in [0, 0.05) is 5.92 Å². The van der Waals surface area contributed by atoms with E-state index in [1.807, 2.05) is 20.8 Å². The first-order chi connectivity index (χ1) is 9.36. The maximum absolute atomic E-state index is 12.5. The van der Waals surface area contributed by atoms with Crippen LogP contribution in [0.1, 0.15) is 65.7 Å². The van der Waals surface area contributed by atoms with Crippen molar-refractivity contribution in [3.8, 4) is 0 Å². The zero-order chi connectivity index (χ0) is 14.5. The third-order valence-electron chi connectivity index (χ3n) is 6.27. The zero-order valence-corrected chi connectivity index (χ0v) is 13.0. The molecule has 3 heteroatoms. The van der Waals surface area contributed by atoms with Crippen LogP contribution in [0.2, 0.25) is 0 Å². The minimum atomic E-state index is -0.413.